The molecular weight excluding hydrogens is 154 g/mol. The molecule has 1 aliphatic rings. The zero-order chi connectivity index (χ0) is 11.2. The van der Waals surface area contributed by atoms with Gasteiger partial charge in [0.25, 0.3) is 11.8 Å². The molecule has 0 spiro atoms. The summed E-state index contributed by atoms with van der Waals surface area (Å²) in [4.78, 5) is 23.5. The highest BCUT2D eigenvalue weighted by Gasteiger charge is 2.31. The Balaban J connectivity index is 2.55. The molecule has 60 valence electrons. The number of hydrogen-bond donors (Lipinski definition) is 0. The molecule has 2 amide bonds. The van der Waals surface area contributed by atoms with Crippen molar-refractivity contribution >= 4 is 11.8 Å². The maximum absolute atomic E-state index is 11.6. The average Bonchev–Trinajstić information content (AvgIpc) is 2.39. The Morgan fingerprint density at radius 1 is 1.17 bits per heavy atom. The van der Waals surface area contributed by atoms with E-state index < -0.39 is 18.8 Å². The normalized spacial score (nSPS) is 20.0. The number of carbonyl (C=O) groups is 2. The molecule has 0 aliphatic carbocycles. The van der Waals surface area contributed by atoms with E-state index >= 15 is 0 Å². The summed E-state index contributed by atoms with van der Waals surface area (Å²) in [5.41, 5.74) is 0.303. The van der Waals surface area contributed by atoms with E-state index in [1.165, 1.54) is 12.1 Å². The molecule has 1 aromatic carbocycles. The molecule has 1 aromatic rings. The van der Waals surface area contributed by atoms with E-state index in [4.69, 9.17) is 4.11 Å². The number of benzene rings is 1. The molecule has 0 radical (unpaired) electrons. The van der Waals surface area contributed by atoms with Gasteiger partial charge in [-0.3, -0.25) is 14.5 Å². The fourth-order valence-electron chi connectivity index (χ4n) is 1.19. The number of nitrogens with zero attached hydrogens (tertiary/aromatic N) is 1. The van der Waals surface area contributed by atoms with Gasteiger partial charge in [-0.2, -0.15) is 0 Å². The van der Waals surface area contributed by atoms with E-state index in [1.807, 2.05) is 0 Å². The van der Waals surface area contributed by atoms with E-state index in [1.54, 1.807) is 12.1 Å². The molecule has 12 heavy (non-hydrogen) atoms. The topological polar surface area (TPSA) is 37.4 Å². The zero-order valence-corrected chi connectivity index (χ0v) is 6.07. The van der Waals surface area contributed by atoms with Crippen molar-refractivity contribution in [2.75, 3.05) is 6.98 Å². The lowest BCUT2D eigenvalue weighted by Gasteiger charge is -2.02. The van der Waals surface area contributed by atoms with Crippen LogP contribution in [0.5, 0.6) is 0 Å². The minimum Gasteiger partial charge on any atom is -0.277 e. The number of hydrogen-bond acceptors (Lipinski definition) is 2. The summed E-state index contributed by atoms with van der Waals surface area (Å²) in [6.07, 6.45) is 0. The Hall–Kier alpha value is -1.64. The molecule has 0 saturated carbocycles. The SMILES string of the molecule is [2H]C([2H])([2H])N1C(=O)c2ccccc2C1=O. The predicted molar refractivity (Wildman–Crippen MR) is 42.9 cm³/mol. The van der Waals surface area contributed by atoms with Gasteiger partial charge in [-0.15, -0.1) is 0 Å². The Morgan fingerprint density at radius 2 is 1.67 bits per heavy atom. The van der Waals surface area contributed by atoms with Gasteiger partial charge in [0.1, 0.15) is 0 Å². The molecule has 0 aromatic heterocycles. The van der Waals surface area contributed by atoms with E-state index in [0.29, 0.717) is 4.90 Å². The Kier molecular flexibility index (Phi) is 0.796. The van der Waals surface area contributed by atoms with Crippen molar-refractivity contribution in [3.8, 4) is 0 Å². The summed E-state index contributed by atoms with van der Waals surface area (Å²) in [5.74, 6) is -1.51. The highest BCUT2D eigenvalue weighted by Crippen LogP contribution is 2.20. The summed E-state index contributed by atoms with van der Waals surface area (Å²) in [7, 11) is 0. The quantitative estimate of drug-likeness (QED) is 0.534. The van der Waals surface area contributed by atoms with Crippen LogP contribution in [0.3, 0.4) is 0 Å². The van der Waals surface area contributed by atoms with Crippen LogP contribution in [0, 0.1) is 0 Å². The van der Waals surface area contributed by atoms with Gasteiger partial charge in [0.2, 0.25) is 0 Å². The van der Waals surface area contributed by atoms with Crippen molar-refractivity contribution in [2.45, 2.75) is 0 Å². The fraction of sp³-hybridized carbons (Fsp3) is 0.111. The third kappa shape index (κ3) is 0.704. The van der Waals surface area contributed by atoms with Crippen LogP contribution >= 0.6 is 0 Å². The van der Waals surface area contributed by atoms with Crippen LogP contribution in [-0.4, -0.2) is 23.7 Å². The third-order valence-corrected chi connectivity index (χ3v) is 1.79. The maximum Gasteiger partial charge on any atom is 0.261 e. The Morgan fingerprint density at radius 3 is 2.08 bits per heavy atom. The lowest BCUT2D eigenvalue weighted by molar-refractivity contribution is 0.0693. The molecule has 2 rings (SSSR count). The number of carbonyl (C=O) groups excluding carboxylic acids is 2. The highest BCUT2D eigenvalue weighted by atomic mass is 16.2. The van der Waals surface area contributed by atoms with E-state index in [9.17, 15) is 9.59 Å². The number of rotatable bonds is 0. The van der Waals surface area contributed by atoms with Crippen LogP contribution in [0.15, 0.2) is 24.3 Å². The van der Waals surface area contributed by atoms with Crippen molar-refractivity contribution in [3.05, 3.63) is 35.4 Å². The van der Waals surface area contributed by atoms with Gasteiger partial charge >= 0.3 is 0 Å². The van der Waals surface area contributed by atoms with Gasteiger partial charge in [-0.05, 0) is 12.1 Å². The largest absolute Gasteiger partial charge is 0.277 e. The van der Waals surface area contributed by atoms with Crippen molar-refractivity contribution in [1.29, 1.82) is 0 Å². The first-order valence-electron chi connectivity index (χ1n) is 4.91. The van der Waals surface area contributed by atoms with Crippen LogP contribution in [0.2, 0.25) is 0 Å². The van der Waals surface area contributed by atoms with Gasteiger partial charge in [0, 0.05) is 11.1 Å². The predicted octanol–water partition coefficient (Wildman–Crippen LogP) is 0.912. The molecule has 1 aliphatic heterocycles. The van der Waals surface area contributed by atoms with Crippen molar-refractivity contribution in [3.63, 3.8) is 0 Å². The molecule has 0 N–H and O–H groups in total. The molecule has 0 bridgehead atoms. The van der Waals surface area contributed by atoms with E-state index in [0.717, 1.165) is 0 Å². The monoisotopic (exact) mass is 164 g/mol. The number of imide groups is 1. The van der Waals surface area contributed by atoms with Gasteiger partial charge in [0.05, 0.1) is 11.1 Å². The van der Waals surface area contributed by atoms with Gasteiger partial charge in [-0.25, -0.2) is 0 Å². The molecule has 0 atom stereocenters. The number of amides is 2. The fourth-order valence-corrected chi connectivity index (χ4v) is 1.19. The Bertz CT molecular complexity index is 418. The van der Waals surface area contributed by atoms with E-state index in [2.05, 4.69) is 0 Å². The second-order valence-corrected chi connectivity index (χ2v) is 2.49. The summed E-state index contributed by atoms with van der Waals surface area (Å²) in [6, 6.07) is 6.07. The number of fused-ring (bicyclic) bond motifs is 1. The average molecular weight is 164 g/mol. The molecule has 0 fully saturated rings. The van der Waals surface area contributed by atoms with Crippen LogP contribution in [-0.2, 0) is 0 Å². The molecule has 3 heteroatoms. The second kappa shape index (κ2) is 2.17. The molecule has 0 unspecified atom stereocenters. The zero-order valence-electron chi connectivity index (χ0n) is 9.07. The highest BCUT2D eigenvalue weighted by molar-refractivity contribution is 6.21. The van der Waals surface area contributed by atoms with Crippen LogP contribution < -0.4 is 0 Å². The molecule has 0 saturated heterocycles. The summed E-state index contributed by atoms with van der Waals surface area (Å²) in [5, 5.41) is 0. The first-order valence-corrected chi connectivity index (χ1v) is 3.41. The lowest BCUT2D eigenvalue weighted by Crippen LogP contribution is -2.24. The molecule has 1 heterocycles. The van der Waals surface area contributed by atoms with Gasteiger partial charge in [-0.1, -0.05) is 12.1 Å². The van der Waals surface area contributed by atoms with Crippen molar-refractivity contribution < 1.29 is 13.7 Å². The lowest BCUT2D eigenvalue weighted by atomic mass is 10.1. The van der Waals surface area contributed by atoms with Gasteiger partial charge < -0.3 is 0 Å². The molecular formula is C9H7NO2. The van der Waals surface area contributed by atoms with Crippen molar-refractivity contribution in [2.24, 2.45) is 0 Å². The summed E-state index contributed by atoms with van der Waals surface area (Å²) >= 11 is 0. The molecule has 3 nitrogen and oxygen atoms in total. The summed E-state index contributed by atoms with van der Waals surface area (Å²) in [6.45, 7) is -2.72. The summed E-state index contributed by atoms with van der Waals surface area (Å²) < 4.78 is 21.2. The van der Waals surface area contributed by atoms with Crippen LogP contribution in [0.1, 0.15) is 24.8 Å². The van der Waals surface area contributed by atoms with Gasteiger partial charge in [0.15, 0.2) is 0 Å². The second-order valence-electron chi connectivity index (χ2n) is 2.49. The standard InChI is InChI=1S/C9H7NO2/c1-10-8(11)6-4-2-3-5-7(6)9(10)12/h2-5H,1H3/i1D3. The first-order chi connectivity index (χ1) is 6.93. The Labute approximate surface area is 73.8 Å². The minimum absolute atomic E-state index is 0.152. The smallest absolute Gasteiger partial charge is 0.261 e. The third-order valence-electron chi connectivity index (χ3n) is 1.79. The minimum atomic E-state index is -2.72. The van der Waals surface area contributed by atoms with Crippen LogP contribution in [0.4, 0.5) is 0 Å². The van der Waals surface area contributed by atoms with Crippen molar-refractivity contribution in [1.82, 2.24) is 4.90 Å². The first kappa shape index (κ1) is 4.40. The maximum atomic E-state index is 11.6. The van der Waals surface area contributed by atoms with E-state index in [-0.39, 0.29) is 11.1 Å². The van der Waals surface area contributed by atoms with Crippen LogP contribution in [0.25, 0.3) is 0 Å².